The van der Waals surface area contributed by atoms with Crippen molar-refractivity contribution in [2.24, 2.45) is 17.8 Å². The minimum Gasteiger partial charge on any atom is -0.371 e. The zero-order valence-corrected chi connectivity index (χ0v) is 20.0. The van der Waals surface area contributed by atoms with Gasteiger partial charge in [-0.05, 0) is 43.7 Å². The van der Waals surface area contributed by atoms with Gasteiger partial charge in [-0.1, -0.05) is 6.07 Å². The Labute approximate surface area is 203 Å². The molecule has 0 aliphatic carbocycles. The van der Waals surface area contributed by atoms with Crippen LogP contribution in [-0.4, -0.2) is 77.8 Å². The molecule has 4 aliphatic rings. The van der Waals surface area contributed by atoms with Gasteiger partial charge in [0.1, 0.15) is 11.6 Å². The van der Waals surface area contributed by atoms with Gasteiger partial charge in [-0.3, -0.25) is 19.3 Å². The highest BCUT2D eigenvalue weighted by Gasteiger charge is 2.43. The molecular weight excluding hydrogens is 455 g/mol. The summed E-state index contributed by atoms with van der Waals surface area (Å²) in [5.41, 5.74) is 1.50. The van der Waals surface area contributed by atoms with E-state index in [4.69, 9.17) is 4.84 Å². The first kappa shape index (κ1) is 23.7. The van der Waals surface area contributed by atoms with E-state index in [1.54, 1.807) is 17.9 Å². The molecule has 5 rings (SSSR count). The van der Waals surface area contributed by atoms with Crippen LogP contribution >= 0.6 is 0 Å². The molecule has 1 aromatic rings. The molecule has 0 radical (unpaired) electrons. The van der Waals surface area contributed by atoms with Crippen molar-refractivity contribution in [3.8, 4) is 0 Å². The number of fused-ring (bicyclic) bond motifs is 1. The molecule has 4 saturated heterocycles. The number of Topliss-reactive ketones (excluding diaryl/α,β-unsaturated/α-hetero) is 1. The van der Waals surface area contributed by atoms with Crippen LogP contribution in [-0.2, 0) is 25.8 Å². The van der Waals surface area contributed by atoms with Gasteiger partial charge < -0.3 is 14.6 Å². The van der Waals surface area contributed by atoms with Crippen molar-refractivity contribution in [3.63, 3.8) is 0 Å². The van der Waals surface area contributed by atoms with Crippen molar-refractivity contribution in [1.82, 2.24) is 14.9 Å². The highest BCUT2D eigenvalue weighted by atomic mass is 19.1. The number of halogens is 1. The largest absolute Gasteiger partial charge is 0.434 e. The number of hydroxylamine groups is 2. The zero-order valence-electron chi connectivity index (χ0n) is 20.0. The van der Waals surface area contributed by atoms with Crippen molar-refractivity contribution in [3.05, 3.63) is 29.6 Å². The third kappa shape index (κ3) is 4.89. The van der Waals surface area contributed by atoms with Crippen LogP contribution in [0.15, 0.2) is 18.2 Å². The predicted molar refractivity (Wildman–Crippen MR) is 123 cm³/mol. The van der Waals surface area contributed by atoms with Gasteiger partial charge in [-0.15, -0.1) is 5.06 Å². The van der Waals surface area contributed by atoms with Crippen molar-refractivity contribution in [2.75, 3.05) is 44.2 Å². The molecule has 2 unspecified atom stereocenters. The standard InChI is InChI=1S/C25H31FN4O5/c1-16(31)17-6-8-28(9-7-17)21-3-2-18(22(26)10-21)11-27-12-19-14-29(15-20(19)13-27)25(34)35-30-23(32)4-5-24(30)33/h2-3,10,17,19-20H,4-9,11-15H2,1H3. The molecule has 0 saturated carbocycles. The summed E-state index contributed by atoms with van der Waals surface area (Å²) in [7, 11) is 0. The minimum absolute atomic E-state index is 0.0717. The summed E-state index contributed by atoms with van der Waals surface area (Å²) >= 11 is 0. The summed E-state index contributed by atoms with van der Waals surface area (Å²) < 4.78 is 14.9. The van der Waals surface area contributed by atoms with Crippen molar-refractivity contribution in [1.29, 1.82) is 0 Å². The van der Waals surface area contributed by atoms with E-state index in [1.165, 1.54) is 0 Å². The summed E-state index contributed by atoms with van der Waals surface area (Å²) in [4.78, 5) is 58.3. The van der Waals surface area contributed by atoms with Crippen molar-refractivity contribution >= 4 is 29.4 Å². The van der Waals surface area contributed by atoms with E-state index >= 15 is 0 Å². The fraction of sp³-hybridized carbons (Fsp3) is 0.600. The van der Waals surface area contributed by atoms with Gasteiger partial charge >= 0.3 is 6.09 Å². The summed E-state index contributed by atoms with van der Waals surface area (Å²) in [6, 6.07) is 5.41. The number of imide groups is 1. The fourth-order valence-corrected chi connectivity index (χ4v) is 5.81. The van der Waals surface area contributed by atoms with E-state index in [1.807, 2.05) is 12.1 Å². The predicted octanol–water partition coefficient (Wildman–Crippen LogP) is 2.20. The lowest BCUT2D eigenvalue weighted by Crippen LogP contribution is -2.40. The molecule has 0 spiro atoms. The maximum Gasteiger partial charge on any atom is 0.434 e. The first-order valence-electron chi connectivity index (χ1n) is 12.4. The highest BCUT2D eigenvalue weighted by molar-refractivity contribution is 6.01. The Morgan fingerprint density at radius 2 is 1.63 bits per heavy atom. The molecule has 188 valence electrons. The van der Waals surface area contributed by atoms with Crippen molar-refractivity contribution in [2.45, 2.75) is 39.2 Å². The molecule has 0 N–H and O–H groups in total. The molecule has 4 fully saturated rings. The van der Waals surface area contributed by atoms with Crippen LogP contribution < -0.4 is 4.90 Å². The zero-order chi connectivity index (χ0) is 24.7. The molecule has 2 atom stereocenters. The number of anilines is 1. The van der Waals surface area contributed by atoms with Gasteiger partial charge in [0.2, 0.25) is 0 Å². The molecule has 0 bridgehead atoms. The molecule has 3 amide bonds. The monoisotopic (exact) mass is 486 g/mol. The van der Waals surface area contributed by atoms with Crippen LogP contribution in [0.25, 0.3) is 0 Å². The van der Waals surface area contributed by atoms with E-state index in [-0.39, 0.29) is 42.2 Å². The van der Waals surface area contributed by atoms with Crippen LogP contribution in [0.3, 0.4) is 0 Å². The van der Waals surface area contributed by atoms with Gasteiger partial charge in [-0.25, -0.2) is 9.18 Å². The number of hydrogen-bond donors (Lipinski definition) is 0. The molecule has 4 aliphatic heterocycles. The Morgan fingerprint density at radius 3 is 2.20 bits per heavy atom. The van der Waals surface area contributed by atoms with Gasteiger partial charge in [0.05, 0.1) is 0 Å². The van der Waals surface area contributed by atoms with Crippen LogP contribution in [0.5, 0.6) is 0 Å². The number of piperidine rings is 1. The second-order valence-corrected chi connectivity index (χ2v) is 10.2. The smallest absolute Gasteiger partial charge is 0.371 e. The third-order valence-electron chi connectivity index (χ3n) is 7.86. The molecule has 4 heterocycles. The number of carbonyl (C=O) groups excluding carboxylic acids is 4. The van der Waals surface area contributed by atoms with Gasteiger partial charge in [-0.2, -0.15) is 0 Å². The second kappa shape index (κ2) is 9.56. The lowest BCUT2D eigenvalue weighted by molar-refractivity contribution is -0.173. The Balaban J connectivity index is 1.12. The molecule has 1 aromatic carbocycles. The lowest BCUT2D eigenvalue weighted by Gasteiger charge is -2.32. The van der Waals surface area contributed by atoms with Gasteiger partial charge in [0.15, 0.2) is 0 Å². The van der Waals surface area contributed by atoms with E-state index in [0.717, 1.165) is 44.7 Å². The summed E-state index contributed by atoms with van der Waals surface area (Å²) in [5.74, 6) is -0.343. The number of amides is 3. The lowest BCUT2D eigenvalue weighted by atomic mass is 9.93. The number of ketones is 1. The van der Waals surface area contributed by atoms with Gasteiger partial charge in [0, 0.05) is 75.8 Å². The number of carbonyl (C=O) groups is 4. The minimum atomic E-state index is -0.663. The quantitative estimate of drug-likeness (QED) is 0.590. The third-order valence-corrected chi connectivity index (χ3v) is 7.86. The van der Waals surface area contributed by atoms with Gasteiger partial charge in [0.25, 0.3) is 11.8 Å². The van der Waals surface area contributed by atoms with Crippen molar-refractivity contribution < 1.29 is 28.4 Å². The van der Waals surface area contributed by atoms with Crippen LogP contribution in [0.1, 0.15) is 38.2 Å². The normalized spacial score (nSPS) is 25.5. The second-order valence-electron chi connectivity index (χ2n) is 10.2. The maximum absolute atomic E-state index is 14.9. The molecule has 10 heteroatoms. The van der Waals surface area contributed by atoms with Crippen LogP contribution in [0.2, 0.25) is 0 Å². The van der Waals surface area contributed by atoms with E-state index in [9.17, 15) is 23.6 Å². The average molecular weight is 487 g/mol. The fourth-order valence-electron chi connectivity index (χ4n) is 5.81. The maximum atomic E-state index is 14.9. The number of hydrogen-bond acceptors (Lipinski definition) is 7. The Hall–Kier alpha value is -3.01. The Kier molecular flexibility index (Phi) is 6.48. The molecule has 35 heavy (non-hydrogen) atoms. The Bertz CT molecular complexity index is 1010. The van der Waals surface area contributed by atoms with E-state index in [0.29, 0.717) is 30.3 Å². The summed E-state index contributed by atoms with van der Waals surface area (Å²) in [6.45, 7) is 6.15. The first-order valence-corrected chi connectivity index (χ1v) is 12.4. The molecule has 9 nitrogen and oxygen atoms in total. The SMILES string of the molecule is CC(=O)C1CCN(c2ccc(CN3CC4CN(C(=O)ON5C(=O)CCC5=O)CC4C3)c(F)c2)CC1. The highest BCUT2D eigenvalue weighted by Crippen LogP contribution is 2.33. The summed E-state index contributed by atoms with van der Waals surface area (Å²) in [6.07, 6.45) is 1.10. The number of nitrogens with zero attached hydrogens (tertiary/aromatic N) is 4. The topological polar surface area (TPSA) is 90.5 Å². The average Bonchev–Trinajstić information content (AvgIpc) is 3.49. The van der Waals surface area contributed by atoms with Crippen LogP contribution in [0.4, 0.5) is 14.9 Å². The van der Waals surface area contributed by atoms with Crippen LogP contribution in [0, 0.1) is 23.6 Å². The van der Waals surface area contributed by atoms with E-state index in [2.05, 4.69) is 9.80 Å². The first-order chi connectivity index (χ1) is 16.8. The molecular formula is C25H31FN4O5. The summed E-state index contributed by atoms with van der Waals surface area (Å²) in [5, 5.41) is 0.584. The van der Waals surface area contributed by atoms with E-state index < -0.39 is 17.9 Å². The number of rotatable bonds is 5. The number of likely N-dealkylation sites (tertiary alicyclic amines) is 2. The number of benzene rings is 1. The Morgan fingerprint density at radius 1 is 1.00 bits per heavy atom. The molecule has 0 aromatic heterocycles.